The molecule has 10 heteroatoms. The Kier molecular flexibility index (Phi) is 6.30. The summed E-state index contributed by atoms with van der Waals surface area (Å²) < 4.78 is 0. The lowest BCUT2D eigenvalue weighted by molar-refractivity contribution is -0.122. The topological polar surface area (TPSA) is 119 Å². The largest absolute Gasteiger partial charge is 0.347 e. The van der Waals surface area contributed by atoms with E-state index in [9.17, 15) is 24.4 Å². The Morgan fingerprint density at radius 1 is 1.00 bits per heavy atom. The second-order valence-corrected chi connectivity index (χ2v) is 9.07. The van der Waals surface area contributed by atoms with Crippen molar-refractivity contribution in [2.24, 2.45) is 0 Å². The van der Waals surface area contributed by atoms with Crippen LogP contribution in [0.3, 0.4) is 0 Å². The summed E-state index contributed by atoms with van der Waals surface area (Å²) in [7, 11) is 0. The van der Waals surface area contributed by atoms with Crippen LogP contribution in [0.25, 0.3) is 0 Å². The number of thioether (sulfide) groups is 2. The number of amides is 4. The summed E-state index contributed by atoms with van der Waals surface area (Å²) >= 11 is 1.68. The van der Waals surface area contributed by atoms with Crippen LogP contribution in [0, 0.1) is 11.3 Å². The maximum atomic E-state index is 13.3. The van der Waals surface area contributed by atoms with E-state index in [0.29, 0.717) is 5.69 Å². The van der Waals surface area contributed by atoms with Crippen LogP contribution >= 0.6 is 23.5 Å². The molecule has 32 heavy (non-hydrogen) atoms. The Morgan fingerprint density at radius 3 is 2.25 bits per heavy atom. The summed E-state index contributed by atoms with van der Waals surface area (Å²) in [6.07, 6.45) is 0. The number of nitrogens with zero attached hydrogens (tertiary/aromatic N) is 2. The Hall–Kier alpha value is -3.55. The molecule has 2 aromatic rings. The van der Waals surface area contributed by atoms with Crippen molar-refractivity contribution >= 4 is 52.2 Å². The molecule has 160 valence electrons. The lowest BCUT2D eigenvalue weighted by Gasteiger charge is -2.19. The van der Waals surface area contributed by atoms with Gasteiger partial charge < -0.3 is 5.32 Å². The fourth-order valence-corrected chi connectivity index (χ4v) is 5.65. The maximum Gasteiger partial charge on any atom is 0.286 e. The first-order valence-corrected chi connectivity index (χ1v) is 11.3. The number of imide groups is 1. The van der Waals surface area contributed by atoms with E-state index in [1.165, 1.54) is 4.90 Å². The van der Waals surface area contributed by atoms with Crippen molar-refractivity contribution < 1.29 is 19.2 Å². The van der Waals surface area contributed by atoms with E-state index < -0.39 is 33.5 Å². The van der Waals surface area contributed by atoms with Crippen LogP contribution in [-0.4, -0.2) is 33.5 Å². The minimum absolute atomic E-state index is 0.131. The highest BCUT2D eigenvalue weighted by atomic mass is 32.2. The number of benzene rings is 2. The van der Waals surface area contributed by atoms with Crippen LogP contribution < -0.4 is 15.5 Å². The van der Waals surface area contributed by atoms with Crippen molar-refractivity contribution in [3.05, 3.63) is 76.8 Å². The Labute approximate surface area is 192 Å². The number of hydrogen-bond acceptors (Lipinski definition) is 7. The Balaban J connectivity index is 1.69. The predicted octanol–water partition coefficient (Wildman–Crippen LogP) is 2.54. The summed E-state index contributed by atoms with van der Waals surface area (Å²) in [6, 6.07) is 19.7. The van der Waals surface area contributed by atoms with Gasteiger partial charge in [-0.3, -0.25) is 29.4 Å². The van der Waals surface area contributed by atoms with Gasteiger partial charge in [0.1, 0.15) is 27.2 Å². The van der Waals surface area contributed by atoms with Crippen LogP contribution in [0.15, 0.2) is 71.3 Å². The molecular weight excluding hydrogens is 448 g/mol. The van der Waals surface area contributed by atoms with Crippen LogP contribution in [0.4, 0.5) is 10.5 Å². The fraction of sp³-hybridized carbons (Fsp3) is 0.136. The molecule has 0 radical (unpaired) electrons. The van der Waals surface area contributed by atoms with E-state index in [-0.39, 0.29) is 17.1 Å². The van der Waals surface area contributed by atoms with Crippen molar-refractivity contribution in [2.45, 2.75) is 17.0 Å². The Morgan fingerprint density at radius 2 is 1.66 bits per heavy atom. The first kappa shape index (κ1) is 21.7. The number of carbonyl (C=O) groups is 4. The van der Waals surface area contributed by atoms with Crippen LogP contribution in [0.2, 0.25) is 0 Å². The van der Waals surface area contributed by atoms with Gasteiger partial charge in [-0.2, -0.15) is 5.26 Å². The van der Waals surface area contributed by atoms with Gasteiger partial charge in [-0.15, -0.1) is 0 Å². The third-order valence-electron chi connectivity index (χ3n) is 4.76. The summed E-state index contributed by atoms with van der Waals surface area (Å²) in [5.41, 5.74) is 1.08. The van der Waals surface area contributed by atoms with Crippen LogP contribution in [-0.2, 0) is 20.9 Å². The van der Waals surface area contributed by atoms with Gasteiger partial charge in [0.05, 0.1) is 0 Å². The lowest BCUT2D eigenvalue weighted by atomic mass is 10.2. The van der Waals surface area contributed by atoms with E-state index in [1.807, 2.05) is 36.4 Å². The SMILES string of the molecule is N#C/C(C(=O)NCc1ccccc1)=C1/S[C@@H]([C@H]2SC(=O)NC2=O)C(=O)N1c1ccccc1. The smallest absolute Gasteiger partial charge is 0.286 e. The summed E-state index contributed by atoms with van der Waals surface area (Å²) in [6.45, 7) is 0.209. The monoisotopic (exact) mass is 464 g/mol. The number of anilines is 1. The molecule has 0 saturated carbocycles. The number of hydrogen-bond donors (Lipinski definition) is 2. The minimum atomic E-state index is -0.952. The maximum absolute atomic E-state index is 13.3. The second-order valence-electron chi connectivity index (χ2n) is 6.82. The predicted molar refractivity (Wildman–Crippen MR) is 121 cm³/mol. The van der Waals surface area contributed by atoms with E-state index in [2.05, 4.69) is 10.6 Å². The highest BCUT2D eigenvalue weighted by molar-refractivity contribution is 8.16. The molecule has 2 heterocycles. The minimum Gasteiger partial charge on any atom is -0.347 e. The van der Waals surface area contributed by atoms with Gasteiger partial charge in [-0.25, -0.2) is 0 Å². The highest BCUT2D eigenvalue weighted by Gasteiger charge is 2.50. The molecule has 2 aliphatic rings. The zero-order valence-corrected chi connectivity index (χ0v) is 18.1. The molecule has 2 atom stereocenters. The molecule has 4 rings (SSSR count). The molecule has 2 aromatic carbocycles. The van der Waals surface area contributed by atoms with Crippen molar-refractivity contribution in [2.75, 3.05) is 4.90 Å². The van der Waals surface area contributed by atoms with E-state index in [0.717, 1.165) is 29.1 Å². The number of para-hydroxylation sites is 1. The normalized spacial score (nSPS) is 21.8. The molecular formula is C22H16N4O4S2. The summed E-state index contributed by atoms with van der Waals surface area (Å²) in [5, 5.41) is 12.4. The number of nitriles is 1. The zero-order chi connectivity index (χ0) is 22.7. The van der Waals surface area contributed by atoms with Crippen molar-refractivity contribution in [3.8, 4) is 6.07 Å². The molecule has 0 bridgehead atoms. The van der Waals surface area contributed by atoms with Gasteiger partial charge in [0.15, 0.2) is 0 Å². The highest BCUT2D eigenvalue weighted by Crippen LogP contribution is 2.45. The third-order valence-corrected chi connectivity index (χ3v) is 7.33. The second kappa shape index (κ2) is 9.30. The molecule has 2 aliphatic heterocycles. The van der Waals surface area contributed by atoms with Gasteiger partial charge in [-0.1, -0.05) is 60.3 Å². The molecule has 8 nitrogen and oxygen atoms in total. The number of rotatable bonds is 5. The van der Waals surface area contributed by atoms with Gasteiger partial charge in [0.25, 0.3) is 11.1 Å². The molecule has 2 fully saturated rings. The standard InChI is InChI=1S/C22H16N4O4S2/c23-11-15(18(27)24-12-13-7-3-1-4-8-13)21-26(14-9-5-2-6-10-14)20(29)17(31-21)16-19(28)25-22(30)32-16/h1-10,16-17H,12H2,(H,24,27)(H,25,28,30)/b21-15-/t16-,17+/m1/s1. The summed E-state index contributed by atoms with van der Waals surface area (Å²) in [4.78, 5) is 51.3. The zero-order valence-electron chi connectivity index (χ0n) is 16.5. The Bertz CT molecular complexity index is 1160. The van der Waals surface area contributed by atoms with E-state index in [1.54, 1.807) is 30.3 Å². The molecule has 0 aliphatic carbocycles. The van der Waals surface area contributed by atoms with Crippen molar-refractivity contribution in [1.82, 2.24) is 10.6 Å². The van der Waals surface area contributed by atoms with Crippen LogP contribution in [0.1, 0.15) is 5.56 Å². The van der Waals surface area contributed by atoms with E-state index >= 15 is 0 Å². The summed E-state index contributed by atoms with van der Waals surface area (Å²) in [5.74, 6) is -1.66. The third kappa shape index (κ3) is 4.26. The number of carbonyl (C=O) groups excluding carboxylic acids is 4. The average Bonchev–Trinajstić information content (AvgIpc) is 3.32. The first-order chi connectivity index (χ1) is 15.5. The molecule has 2 N–H and O–H groups in total. The van der Waals surface area contributed by atoms with Crippen molar-refractivity contribution in [3.63, 3.8) is 0 Å². The molecule has 2 saturated heterocycles. The van der Waals surface area contributed by atoms with Crippen LogP contribution in [0.5, 0.6) is 0 Å². The molecule has 0 unspecified atom stereocenters. The fourth-order valence-electron chi connectivity index (χ4n) is 3.27. The molecule has 0 spiro atoms. The first-order valence-electron chi connectivity index (χ1n) is 9.53. The van der Waals surface area contributed by atoms with Gasteiger partial charge in [-0.05, 0) is 29.5 Å². The molecule has 0 aromatic heterocycles. The lowest BCUT2D eigenvalue weighted by Crippen LogP contribution is -2.38. The molecule has 4 amide bonds. The van der Waals surface area contributed by atoms with Gasteiger partial charge in [0.2, 0.25) is 11.8 Å². The van der Waals surface area contributed by atoms with E-state index in [4.69, 9.17) is 0 Å². The van der Waals surface area contributed by atoms with Gasteiger partial charge >= 0.3 is 0 Å². The van der Waals surface area contributed by atoms with Gasteiger partial charge in [0, 0.05) is 12.2 Å². The van der Waals surface area contributed by atoms with Crippen molar-refractivity contribution in [1.29, 1.82) is 5.26 Å². The quantitative estimate of drug-likeness (QED) is 0.515. The number of nitrogens with one attached hydrogen (secondary N) is 2. The average molecular weight is 465 g/mol.